The Morgan fingerprint density at radius 3 is 2.36 bits per heavy atom. The van der Waals surface area contributed by atoms with Gasteiger partial charge < -0.3 is 11.5 Å². The molecule has 0 spiro atoms. The molecule has 0 aromatic rings. The van der Waals surface area contributed by atoms with Gasteiger partial charge in [0.2, 0.25) is 0 Å². The van der Waals surface area contributed by atoms with Crippen molar-refractivity contribution >= 4 is 17.7 Å². The highest BCUT2D eigenvalue weighted by Crippen LogP contribution is 2.23. The number of aliphatic imine (C=N–C) groups is 1. The molecule has 4 heteroatoms. The van der Waals surface area contributed by atoms with Gasteiger partial charge in [0.15, 0.2) is 5.96 Å². The van der Waals surface area contributed by atoms with E-state index in [2.05, 4.69) is 25.8 Å². The largest absolute Gasteiger partial charge is 0.370 e. The Morgan fingerprint density at radius 2 is 2.00 bits per heavy atom. The average Bonchev–Trinajstić information content (AvgIpc) is 1.84. The average molecular weight is 175 g/mol. The molecule has 0 heterocycles. The summed E-state index contributed by atoms with van der Waals surface area (Å²) in [4.78, 5) is 3.97. The first-order valence-electron chi connectivity index (χ1n) is 3.67. The van der Waals surface area contributed by atoms with Crippen molar-refractivity contribution in [2.45, 2.75) is 25.5 Å². The van der Waals surface area contributed by atoms with Crippen LogP contribution in [0.5, 0.6) is 0 Å². The van der Waals surface area contributed by atoms with Gasteiger partial charge in [0, 0.05) is 4.75 Å². The predicted molar refractivity (Wildman–Crippen MR) is 52.9 cm³/mol. The van der Waals surface area contributed by atoms with Gasteiger partial charge in [0.1, 0.15) is 0 Å². The Bertz CT molecular complexity index is 139. The zero-order valence-corrected chi connectivity index (χ0v) is 8.24. The fraction of sp³-hybridized carbons (Fsp3) is 0.857. The van der Waals surface area contributed by atoms with Crippen LogP contribution in [-0.2, 0) is 0 Å². The van der Waals surface area contributed by atoms with Gasteiger partial charge in [-0.25, -0.2) is 0 Å². The maximum atomic E-state index is 5.21. The summed E-state index contributed by atoms with van der Waals surface area (Å²) in [5.41, 5.74) is 10.4. The molecule has 0 radical (unpaired) electrons. The first-order valence-corrected chi connectivity index (χ1v) is 4.66. The van der Waals surface area contributed by atoms with E-state index in [0.717, 1.165) is 5.75 Å². The highest BCUT2D eigenvalue weighted by molar-refractivity contribution is 8.00. The van der Waals surface area contributed by atoms with E-state index in [0.29, 0.717) is 6.54 Å². The normalized spacial score (nSPS) is 11.2. The van der Waals surface area contributed by atoms with Gasteiger partial charge in [0.25, 0.3) is 0 Å². The summed E-state index contributed by atoms with van der Waals surface area (Å²) in [6, 6.07) is 0. The van der Waals surface area contributed by atoms with Gasteiger partial charge >= 0.3 is 0 Å². The number of rotatable bonds is 4. The fourth-order valence-corrected chi connectivity index (χ4v) is 1.66. The number of nitrogens with two attached hydrogens (primary N) is 2. The Morgan fingerprint density at radius 1 is 1.45 bits per heavy atom. The van der Waals surface area contributed by atoms with Crippen LogP contribution in [0.15, 0.2) is 4.99 Å². The summed E-state index contributed by atoms with van der Waals surface area (Å²) in [6.07, 6.45) is 0. The fourth-order valence-electron chi connectivity index (χ4n) is 0.718. The molecule has 0 saturated heterocycles. The minimum atomic E-state index is 0.152. The van der Waals surface area contributed by atoms with E-state index in [9.17, 15) is 0 Å². The SMILES string of the molecule is CCSC(C)(C)CN=C(N)N. The summed E-state index contributed by atoms with van der Waals surface area (Å²) in [7, 11) is 0. The Kier molecular flexibility index (Phi) is 4.33. The first kappa shape index (κ1) is 10.6. The van der Waals surface area contributed by atoms with Crippen molar-refractivity contribution in [2.24, 2.45) is 16.5 Å². The molecule has 3 nitrogen and oxygen atoms in total. The molecule has 0 rings (SSSR count). The van der Waals surface area contributed by atoms with Crippen LogP contribution in [0.2, 0.25) is 0 Å². The number of guanidine groups is 1. The predicted octanol–water partition coefficient (Wildman–Crippen LogP) is 0.792. The third kappa shape index (κ3) is 6.04. The zero-order chi connectivity index (χ0) is 8.91. The maximum absolute atomic E-state index is 5.21. The topological polar surface area (TPSA) is 64.4 Å². The molecule has 0 aromatic carbocycles. The van der Waals surface area contributed by atoms with E-state index in [1.807, 2.05) is 11.8 Å². The first-order chi connectivity index (χ1) is 4.98. The van der Waals surface area contributed by atoms with Crippen LogP contribution in [-0.4, -0.2) is 23.0 Å². The van der Waals surface area contributed by atoms with Crippen molar-refractivity contribution < 1.29 is 0 Å². The molecular weight excluding hydrogens is 158 g/mol. The minimum Gasteiger partial charge on any atom is -0.370 e. The third-order valence-electron chi connectivity index (χ3n) is 1.18. The summed E-state index contributed by atoms with van der Waals surface area (Å²) in [5.74, 6) is 1.27. The van der Waals surface area contributed by atoms with Crippen LogP contribution in [0, 0.1) is 0 Å². The van der Waals surface area contributed by atoms with E-state index >= 15 is 0 Å². The number of hydrogen-bond donors (Lipinski definition) is 2. The monoisotopic (exact) mass is 175 g/mol. The number of hydrogen-bond acceptors (Lipinski definition) is 2. The van der Waals surface area contributed by atoms with Gasteiger partial charge in [-0.05, 0) is 19.6 Å². The Balaban J connectivity index is 3.81. The van der Waals surface area contributed by atoms with Gasteiger partial charge in [-0.1, -0.05) is 6.92 Å². The second kappa shape index (κ2) is 4.49. The van der Waals surface area contributed by atoms with Gasteiger partial charge in [-0.2, -0.15) is 11.8 Å². The molecule has 0 aliphatic carbocycles. The van der Waals surface area contributed by atoms with Crippen molar-refractivity contribution in [3.8, 4) is 0 Å². The molecule has 0 bridgehead atoms. The zero-order valence-electron chi connectivity index (χ0n) is 7.42. The lowest BCUT2D eigenvalue weighted by Crippen LogP contribution is -2.27. The summed E-state index contributed by atoms with van der Waals surface area (Å²) in [6.45, 7) is 7.08. The lowest BCUT2D eigenvalue weighted by atomic mass is 10.2. The molecule has 0 aromatic heterocycles. The van der Waals surface area contributed by atoms with E-state index in [-0.39, 0.29) is 10.7 Å². The van der Waals surface area contributed by atoms with Gasteiger partial charge in [0.05, 0.1) is 6.54 Å². The smallest absolute Gasteiger partial charge is 0.185 e. The Labute approximate surface area is 72.6 Å². The molecular formula is C7H17N3S. The Hall–Kier alpha value is -0.380. The summed E-state index contributed by atoms with van der Waals surface area (Å²) >= 11 is 1.86. The quantitative estimate of drug-likeness (QED) is 0.490. The van der Waals surface area contributed by atoms with Crippen molar-refractivity contribution in [1.29, 1.82) is 0 Å². The molecule has 0 atom stereocenters. The molecule has 0 fully saturated rings. The van der Waals surface area contributed by atoms with Gasteiger partial charge in [-0.15, -0.1) is 0 Å². The lowest BCUT2D eigenvalue weighted by Gasteiger charge is -2.20. The van der Waals surface area contributed by atoms with Crippen LogP contribution in [0.4, 0.5) is 0 Å². The third-order valence-corrected chi connectivity index (χ3v) is 2.38. The number of thioether (sulfide) groups is 1. The molecule has 11 heavy (non-hydrogen) atoms. The van der Waals surface area contributed by atoms with E-state index in [1.54, 1.807) is 0 Å². The van der Waals surface area contributed by atoms with Crippen LogP contribution in [0.3, 0.4) is 0 Å². The second-order valence-electron chi connectivity index (χ2n) is 2.93. The standard InChI is InChI=1S/C7H17N3S/c1-4-11-7(2,3)5-10-6(8)9/h4-5H2,1-3H3,(H4,8,9,10). The van der Waals surface area contributed by atoms with Crippen LogP contribution in [0.25, 0.3) is 0 Å². The van der Waals surface area contributed by atoms with Crippen molar-refractivity contribution in [3.63, 3.8) is 0 Å². The van der Waals surface area contributed by atoms with E-state index < -0.39 is 0 Å². The van der Waals surface area contributed by atoms with Gasteiger partial charge in [-0.3, -0.25) is 4.99 Å². The molecule has 4 N–H and O–H groups in total. The molecule has 0 aliphatic heterocycles. The highest BCUT2D eigenvalue weighted by atomic mass is 32.2. The van der Waals surface area contributed by atoms with E-state index in [4.69, 9.17) is 11.5 Å². The lowest BCUT2D eigenvalue weighted by molar-refractivity contribution is 0.723. The summed E-state index contributed by atoms with van der Waals surface area (Å²) < 4.78 is 0.152. The molecule has 0 unspecified atom stereocenters. The van der Waals surface area contributed by atoms with Crippen LogP contribution < -0.4 is 11.5 Å². The molecule has 66 valence electrons. The summed E-state index contributed by atoms with van der Waals surface area (Å²) in [5, 5.41) is 0. The van der Waals surface area contributed by atoms with E-state index in [1.165, 1.54) is 0 Å². The van der Waals surface area contributed by atoms with Crippen LogP contribution in [0.1, 0.15) is 20.8 Å². The van der Waals surface area contributed by atoms with Crippen molar-refractivity contribution in [3.05, 3.63) is 0 Å². The van der Waals surface area contributed by atoms with Crippen molar-refractivity contribution in [2.75, 3.05) is 12.3 Å². The molecule has 0 amide bonds. The number of nitrogens with zero attached hydrogens (tertiary/aromatic N) is 1. The van der Waals surface area contributed by atoms with Crippen molar-refractivity contribution in [1.82, 2.24) is 0 Å². The molecule has 0 aliphatic rings. The minimum absolute atomic E-state index is 0.152. The maximum Gasteiger partial charge on any atom is 0.185 e. The van der Waals surface area contributed by atoms with Crippen LogP contribution >= 0.6 is 11.8 Å². The highest BCUT2D eigenvalue weighted by Gasteiger charge is 2.16. The second-order valence-corrected chi connectivity index (χ2v) is 4.90. The molecule has 0 saturated carbocycles.